The number of morpholine rings is 1. The first-order chi connectivity index (χ1) is 7.70. The lowest BCUT2D eigenvalue weighted by Crippen LogP contribution is -2.59. The van der Waals surface area contributed by atoms with E-state index in [-0.39, 0.29) is 5.54 Å². The van der Waals surface area contributed by atoms with Gasteiger partial charge in [0.05, 0.1) is 12.7 Å². The zero-order chi connectivity index (χ0) is 11.6. The molecule has 0 aliphatic carbocycles. The summed E-state index contributed by atoms with van der Waals surface area (Å²) in [6.45, 7) is 8.32. The second kappa shape index (κ2) is 5.25. The Morgan fingerprint density at radius 3 is 2.94 bits per heavy atom. The van der Waals surface area contributed by atoms with Gasteiger partial charge in [0.15, 0.2) is 0 Å². The molecule has 16 heavy (non-hydrogen) atoms. The molecule has 0 spiro atoms. The van der Waals surface area contributed by atoms with E-state index in [9.17, 15) is 0 Å². The Balaban J connectivity index is 2.03. The summed E-state index contributed by atoms with van der Waals surface area (Å²) in [5.74, 6) is 1.20. The van der Waals surface area contributed by atoms with E-state index in [1.54, 1.807) is 0 Å². The van der Waals surface area contributed by atoms with Gasteiger partial charge in [0.2, 0.25) is 0 Å². The average Bonchev–Trinajstić information content (AvgIpc) is 2.72. The molecule has 94 valence electrons. The number of hydrogen-bond acceptors (Lipinski definition) is 4. The Morgan fingerprint density at radius 1 is 1.56 bits per heavy atom. The van der Waals surface area contributed by atoms with Crippen LogP contribution in [0.2, 0.25) is 0 Å². The van der Waals surface area contributed by atoms with Crippen LogP contribution in [0.5, 0.6) is 0 Å². The lowest BCUT2D eigenvalue weighted by molar-refractivity contribution is -0.0638. The third kappa shape index (κ3) is 2.40. The summed E-state index contributed by atoms with van der Waals surface area (Å²) in [6, 6.07) is 0. The van der Waals surface area contributed by atoms with E-state index in [1.807, 2.05) is 0 Å². The van der Waals surface area contributed by atoms with Crippen LogP contribution in [0.3, 0.4) is 0 Å². The molecular formula is C12H24N2OS. The van der Waals surface area contributed by atoms with Crippen molar-refractivity contribution in [3.63, 3.8) is 0 Å². The van der Waals surface area contributed by atoms with Crippen LogP contribution in [0.25, 0.3) is 0 Å². The van der Waals surface area contributed by atoms with Gasteiger partial charge >= 0.3 is 0 Å². The summed E-state index contributed by atoms with van der Waals surface area (Å²) >= 11 is 2.07. The average molecular weight is 244 g/mol. The highest BCUT2D eigenvalue weighted by Crippen LogP contribution is 2.38. The quantitative estimate of drug-likeness (QED) is 0.812. The standard InChI is InChI=1S/C12H24N2OS/c1-3-11-7-14(4-5-15-11)12(8-13)6-10(2)16-9-12/h10-11H,3-9,13H2,1-2H3. The Hall–Kier alpha value is 0.230. The minimum Gasteiger partial charge on any atom is -0.376 e. The highest BCUT2D eigenvalue weighted by molar-refractivity contribution is 8.00. The summed E-state index contributed by atoms with van der Waals surface area (Å²) < 4.78 is 5.74. The fourth-order valence-electron chi connectivity index (χ4n) is 2.84. The maximum Gasteiger partial charge on any atom is 0.0700 e. The van der Waals surface area contributed by atoms with Gasteiger partial charge in [0, 0.05) is 36.2 Å². The number of rotatable bonds is 3. The molecule has 3 nitrogen and oxygen atoms in total. The first kappa shape index (κ1) is 12.7. The molecule has 0 aromatic heterocycles. The zero-order valence-corrected chi connectivity index (χ0v) is 11.3. The monoisotopic (exact) mass is 244 g/mol. The van der Waals surface area contributed by atoms with Gasteiger partial charge in [-0.2, -0.15) is 11.8 Å². The Morgan fingerprint density at radius 2 is 2.38 bits per heavy atom. The van der Waals surface area contributed by atoms with Crippen molar-refractivity contribution < 1.29 is 4.74 Å². The van der Waals surface area contributed by atoms with Crippen LogP contribution in [0.15, 0.2) is 0 Å². The van der Waals surface area contributed by atoms with Gasteiger partial charge < -0.3 is 10.5 Å². The summed E-state index contributed by atoms with van der Waals surface area (Å²) in [5, 5.41) is 0.756. The molecule has 0 saturated carbocycles. The smallest absolute Gasteiger partial charge is 0.0700 e. The molecule has 0 aromatic rings. The van der Waals surface area contributed by atoms with Crippen molar-refractivity contribution in [2.45, 2.75) is 43.6 Å². The third-order valence-corrected chi connectivity index (χ3v) is 5.39. The summed E-state index contributed by atoms with van der Waals surface area (Å²) in [6.07, 6.45) is 2.77. The second-order valence-electron chi connectivity index (χ2n) is 5.10. The lowest BCUT2D eigenvalue weighted by Gasteiger charge is -2.44. The molecule has 2 fully saturated rings. The number of thioether (sulfide) groups is 1. The number of nitrogens with zero attached hydrogens (tertiary/aromatic N) is 1. The van der Waals surface area contributed by atoms with Crippen LogP contribution in [0.4, 0.5) is 0 Å². The van der Waals surface area contributed by atoms with Gasteiger partial charge in [0.25, 0.3) is 0 Å². The molecular weight excluding hydrogens is 220 g/mol. The summed E-state index contributed by atoms with van der Waals surface area (Å²) in [7, 11) is 0. The third-order valence-electron chi connectivity index (χ3n) is 3.95. The highest BCUT2D eigenvalue weighted by atomic mass is 32.2. The van der Waals surface area contributed by atoms with Crippen molar-refractivity contribution in [2.75, 3.05) is 32.0 Å². The van der Waals surface area contributed by atoms with Gasteiger partial charge in [0.1, 0.15) is 0 Å². The normalized spacial score (nSPS) is 41.4. The van der Waals surface area contributed by atoms with Gasteiger partial charge in [-0.3, -0.25) is 4.90 Å². The van der Waals surface area contributed by atoms with E-state index in [1.165, 1.54) is 12.2 Å². The van der Waals surface area contributed by atoms with Gasteiger partial charge in [-0.1, -0.05) is 13.8 Å². The second-order valence-corrected chi connectivity index (χ2v) is 6.53. The molecule has 0 amide bonds. The fourth-order valence-corrected chi connectivity index (χ4v) is 4.28. The van der Waals surface area contributed by atoms with Gasteiger partial charge in [-0.25, -0.2) is 0 Å². The predicted octanol–water partition coefficient (Wildman–Crippen LogP) is 1.32. The molecule has 2 heterocycles. The molecule has 0 bridgehead atoms. The zero-order valence-electron chi connectivity index (χ0n) is 10.4. The summed E-state index contributed by atoms with van der Waals surface area (Å²) in [5.41, 5.74) is 6.30. The molecule has 2 saturated heterocycles. The first-order valence-electron chi connectivity index (χ1n) is 6.38. The number of ether oxygens (including phenoxy) is 1. The van der Waals surface area contributed by atoms with E-state index >= 15 is 0 Å². The van der Waals surface area contributed by atoms with Crippen molar-refractivity contribution in [3.8, 4) is 0 Å². The Bertz CT molecular complexity index is 239. The summed E-state index contributed by atoms with van der Waals surface area (Å²) in [4.78, 5) is 2.60. The fraction of sp³-hybridized carbons (Fsp3) is 1.00. The molecule has 4 heteroatoms. The minimum atomic E-state index is 0.251. The molecule has 2 N–H and O–H groups in total. The molecule has 2 aliphatic rings. The van der Waals surface area contributed by atoms with Crippen molar-refractivity contribution in [1.29, 1.82) is 0 Å². The Labute approximate surface area is 103 Å². The topological polar surface area (TPSA) is 38.5 Å². The van der Waals surface area contributed by atoms with Crippen LogP contribution in [0.1, 0.15) is 26.7 Å². The molecule has 0 radical (unpaired) electrons. The maximum absolute atomic E-state index is 6.05. The number of hydrogen-bond donors (Lipinski definition) is 1. The van der Waals surface area contributed by atoms with Crippen molar-refractivity contribution in [1.82, 2.24) is 4.90 Å². The van der Waals surface area contributed by atoms with Crippen LogP contribution >= 0.6 is 11.8 Å². The SMILES string of the molecule is CCC1CN(C2(CN)CSC(C)C2)CCO1. The lowest BCUT2D eigenvalue weighted by atomic mass is 9.92. The molecule has 0 aromatic carbocycles. The van der Waals surface area contributed by atoms with E-state index in [0.717, 1.165) is 37.9 Å². The van der Waals surface area contributed by atoms with Crippen LogP contribution in [-0.4, -0.2) is 53.8 Å². The Kier molecular flexibility index (Phi) is 4.16. The molecule has 3 unspecified atom stereocenters. The molecule has 3 atom stereocenters. The first-order valence-corrected chi connectivity index (χ1v) is 7.43. The van der Waals surface area contributed by atoms with E-state index in [2.05, 4.69) is 30.5 Å². The van der Waals surface area contributed by atoms with Crippen molar-refractivity contribution in [2.24, 2.45) is 5.73 Å². The molecule has 2 rings (SSSR count). The van der Waals surface area contributed by atoms with E-state index in [0.29, 0.717) is 6.10 Å². The number of nitrogens with two attached hydrogens (primary N) is 1. The predicted molar refractivity (Wildman–Crippen MR) is 69.9 cm³/mol. The van der Waals surface area contributed by atoms with Gasteiger partial charge in [-0.15, -0.1) is 0 Å². The highest BCUT2D eigenvalue weighted by Gasteiger charge is 2.43. The molecule has 2 aliphatic heterocycles. The van der Waals surface area contributed by atoms with Crippen LogP contribution in [-0.2, 0) is 4.74 Å². The van der Waals surface area contributed by atoms with Crippen LogP contribution in [0, 0.1) is 0 Å². The maximum atomic E-state index is 6.05. The van der Waals surface area contributed by atoms with E-state index < -0.39 is 0 Å². The minimum absolute atomic E-state index is 0.251. The van der Waals surface area contributed by atoms with Gasteiger partial charge in [-0.05, 0) is 12.8 Å². The van der Waals surface area contributed by atoms with Crippen molar-refractivity contribution >= 4 is 11.8 Å². The van der Waals surface area contributed by atoms with E-state index in [4.69, 9.17) is 10.5 Å². The van der Waals surface area contributed by atoms with Crippen LogP contribution < -0.4 is 5.73 Å². The largest absolute Gasteiger partial charge is 0.376 e. The van der Waals surface area contributed by atoms with Crippen molar-refractivity contribution in [3.05, 3.63) is 0 Å².